The summed E-state index contributed by atoms with van der Waals surface area (Å²) in [6, 6.07) is 14.8. The maximum absolute atomic E-state index is 11.5. The summed E-state index contributed by atoms with van der Waals surface area (Å²) in [5, 5.41) is 11.5. The maximum Gasteiger partial charge on any atom is 0.193 e. The quantitative estimate of drug-likeness (QED) is 0.260. The fourth-order valence-electron chi connectivity index (χ4n) is 4.34. The zero-order chi connectivity index (χ0) is 27.4. The average molecular weight is 539 g/mol. The standard InChI is InChI=1S/C33H46O6/c1-2-3-4-5-6-7-8-9-10-11-12-17-22-33(34)27-38-31-20-15-13-18-29(31)36-25-23-35-24-26-37-30-19-14-16-21-32(30)39-28-33/h13-16,18-21,34H,2-12,23-28H2,1H3. The molecule has 6 heteroatoms. The van der Waals surface area contributed by atoms with Crippen molar-refractivity contribution >= 4 is 0 Å². The molecular formula is C33H46O6. The number of hydrogen-bond acceptors (Lipinski definition) is 6. The van der Waals surface area contributed by atoms with Crippen LogP contribution in [0.1, 0.15) is 77.6 Å². The van der Waals surface area contributed by atoms with Crippen LogP contribution in [0.4, 0.5) is 0 Å². The molecule has 0 atom stereocenters. The van der Waals surface area contributed by atoms with Gasteiger partial charge in [0, 0.05) is 6.42 Å². The van der Waals surface area contributed by atoms with E-state index in [0.717, 1.165) is 19.3 Å². The van der Waals surface area contributed by atoms with Crippen LogP contribution in [0, 0.1) is 11.8 Å². The SMILES string of the molecule is CCCCCCCCCCCCC#CC1(O)COc2ccccc2OCCOCCOc2ccccc2OC1. The van der Waals surface area contributed by atoms with E-state index < -0.39 is 5.60 Å². The van der Waals surface area contributed by atoms with Gasteiger partial charge >= 0.3 is 0 Å². The second kappa shape index (κ2) is 18.4. The van der Waals surface area contributed by atoms with Gasteiger partial charge in [0.05, 0.1) is 13.2 Å². The number of hydrogen-bond donors (Lipinski definition) is 1. The van der Waals surface area contributed by atoms with Crippen LogP contribution in [0.3, 0.4) is 0 Å². The summed E-state index contributed by atoms with van der Waals surface area (Å²) in [6.07, 6.45) is 13.5. The van der Waals surface area contributed by atoms with Gasteiger partial charge in [-0.1, -0.05) is 101 Å². The molecule has 2 aromatic rings. The molecule has 2 aromatic carbocycles. The van der Waals surface area contributed by atoms with Gasteiger partial charge in [0.25, 0.3) is 0 Å². The van der Waals surface area contributed by atoms with Crippen molar-refractivity contribution in [3.63, 3.8) is 0 Å². The van der Waals surface area contributed by atoms with E-state index in [1.54, 1.807) is 0 Å². The first-order chi connectivity index (χ1) is 19.2. The largest absolute Gasteiger partial charge is 0.487 e. The summed E-state index contributed by atoms with van der Waals surface area (Å²) in [4.78, 5) is 0. The summed E-state index contributed by atoms with van der Waals surface area (Å²) in [5.74, 6) is 8.51. The van der Waals surface area contributed by atoms with Gasteiger partial charge in [-0.05, 0) is 30.7 Å². The van der Waals surface area contributed by atoms with Gasteiger partial charge in [0.2, 0.25) is 0 Å². The smallest absolute Gasteiger partial charge is 0.193 e. The Balaban J connectivity index is 1.58. The third-order valence-corrected chi connectivity index (χ3v) is 6.58. The molecule has 0 unspecified atom stereocenters. The van der Waals surface area contributed by atoms with Crippen molar-refractivity contribution in [2.45, 2.75) is 83.2 Å². The van der Waals surface area contributed by atoms with Crippen LogP contribution >= 0.6 is 0 Å². The Labute approximate surface area is 235 Å². The highest BCUT2D eigenvalue weighted by atomic mass is 16.6. The molecule has 1 aliphatic heterocycles. The lowest BCUT2D eigenvalue weighted by atomic mass is 10.0. The minimum absolute atomic E-state index is 0.0576. The summed E-state index contributed by atoms with van der Waals surface area (Å²) in [5.41, 5.74) is -1.50. The molecule has 1 heterocycles. The van der Waals surface area contributed by atoms with Gasteiger partial charge in [-0.15, -0.1) is 0 Å². The van der Waals surface area contributed by atoms with E-state index in [2.05, 4.69) is 18.8 Å². The van der Waals surface area contributed by atoms with Crippen molar-refractivity contribution in [2.24, 2.45) is 0 Å². The van der Waals surface area contributed by atoms with Crippen LogP contribution < -0.4 is 18.9 Å². The van der Waals surface area contributed by atoms with E-state index in [1.807, 2.05) is 48.5 Å². The molecule has 0 saturated heterocycles. The zero-order valence-corrected chi connectivity index (χ0v) is 23.6. The Morgan fingerprint density at radius 3 is 1.54 bits per heavy atom. The normalized spacial score (nSPS) is 15.6. The Hall–Kier alpha value is -2.88. The van der Waals surface area contributed by atoms with E-state index in [1.165, 1.54) is 51.4 Å². The number of benzene rings is 2. The minimum atomic E-state index is -1.50. The summed E-state index contributed by atoms with van der Waals surface area (Å²) >= 11 is 0. The lowest BCUT2D eigenvalue weighted by Crippen LogP contribution is -2.41. The molecule has 0 aromatic heterocycles. The molecule has 0 aliphatic carbocycles. The maximum atomic E-state index is 11.5. The van der Waals surface area contributed by atoms with E-state index in [0.29, 0.717) is 49.4 Å². The third-order valence-electron chi connectivity index (χ3n) is 6.58. The van der Waals surface area contributed by atoms with E-state index in [4.69, 9.17) is 23.7 Å². The molecule has 0 spiro atoms. The molecule has 1 aliphatic rings. The van der Waals surface area contributed by atoms with Gasteiger partial charge in [0.15, 0.2) is 28.6 Å². The number of fused-ring (bicyclic) bond motifs is 2. The van der Waals surface area contributed by atoms with Crippen LogP contribution in [0.2, 0.25) is 0 Å². The first kappa shape index (κ1) is 30.7. The monoisotopic (exact) mass is 538 g/mol. The zero-order valence-electron chi connectivity index (χ0n) is 23.6. The van der Waals surface area contributed by atoms with E-state index >= 15 is 0 Å². The highest BCUT2D eigenvalue weighted by Crippen LogP contribution is 2.29. The second-order valence-corrected chi connectivity index (χ2v) is 10.0. The van der Waals surface area contributed by atoms with Gasteiger partial charge in [-0.25, -0.2) is 0 Å². The Morgan fingerprint density at radius 2 is 1.05 bits per heavy atom. The number of ether oxygens (including phenoxy) is 5. The van der Waals surface area contributed by atoms with Crippen molar-refractivity contribution in [2.75, 3.05) is 39.6 Å². The molecule has 6 nitrogen and oxygen atoms in total. The molecule has 3 rings (SSSR count). The molecule has 39 heavy (non-hydrogen) atoms. The molecule has 0 bridgehead atoms. The van der Waals surface area contributed by atoms with Crippen molar-refractivity contribution in [3.05, 3.63) is 48.5 Å². The lowest BCUT2D eigenvalue weighted by Gasteiger charge is -2.24. The lowest BCUT2D eigenvalue weighted by molar-refractivity contribution is 0.00393. The third kappa shape index (κ3) is 12.2. The number of aliphatic hydroxyl groups is 1. The van der Waals surface area contributed by atoms with E-state index in [-0.39, 0.29) is 13.2 Å². The number of unbranched alkanes of at least 4 members (excludes halogenated alkanes) is 10. The van der Waals surface area contributed by atoms with Crippen molar-refractivity contribution < 1.29 is 28.8 Å². The van der Waals surface area contributed by atoms with Crippen molar-refractivity contribution in [1.29, 1.82) is 0 Å². The average Bonchev–Trinajstić information content (AvgIpc) is 2.96. The number of rotatable bonds is 10. The Morgan fingerprint density at radius 1 is 0.615 bits per heavy atom. The second-order valence-electron chi connectivity index (χ2n) is 10.0. The molecule has 1 N–H and O–H groups in total. The first-order valence-corrected chi connectivity index (χ1v) is 14.7. The summed E-state index contributed by atoms with van der Waals surface area (Å²) in [7, 11) is 0. The molecule has 214 valence electrons. The van der Waals surface area contributed by atoms with Crippen LogP contribution in [0.15, 0.2) is 48.5 Å². The van der Waals surface area contributed by atoms with Crippen LogP contribution in [0.5, 0.6) is 23.0 Å². The Kier molecular flexibility index (Phi) is 14.5. The number of para-hydroxylation sites is 4. The van der Waals surface area contributed by atoms with Crippen molar-refractivity contribution in [1.82, 2.24) is 0 Å². The minimum Gasteiger partial charge on any atom is -0.487 e. The molecule has 0 saturated carbocycles. The Bertz CT molecular complexity index is 939. The highest BCUT2D eigenvalue weighted by molar-refractivity contribution is 5.41. The fourth-order valence-corrected chi connectivity index (χ4v) is 4.34. The summed E-state index contributed by atoms with van der Waals surface area (Å²) < 4.78 is 29.4. The molecular weight excluding hydrogens is 492 g/mol. The van der Waals surface area contributed by atoms with Crippen LogP contribution in [0.25, 0.3) is 0 Å². The van der Waals surface area contributed by atoms with E-state index in [9.17, 15) is 5.11 Å². The van der Waals surface area contributed by atoms with Gasteiger partial charge in [-0.3, -0.25) is 0 Å². The molecule has 0 radical (unpaired) electrons. The highest BCUT2D eigenvalue weighted by Gasteiger charge is 2.28. The van der Waals surface area contributed by atoms with Gasteiger partial charge < -0.3 is 28.8 Å². The topological polar surface area (TPSA) is 66.4 Å². The predicted molar refractivity (Wildman–Crippen MR) is 155 cm³/mol. The molecule has 0 fully saturated rings. The fraction of sp³-hybridized carbons (Fsp3) is 0.576. The van der Waals surface area contributed by atoms with Gasteiger partial charge in [0.1, 0.15) is 26.4 Å². The summed E-state index contributed by atoms with van der Waals surface area (Å²) in [6.45, 7) is 3.74. The van der Waals surface area contributed by atoms with Gasteiger partial charge in [-0.2, -0.15) is 0 Å². The van der Waals surface area contributed by atoms with Crippen LogP contribution in [-0.4, -0.2) is 50.3 Å². The predicted octanol–water partition coefficient (Wildman–Crippen LogP) is 6.98. The molecule has 0 amide bonds. The van der Waals surface area contributed by atoms with Crippen LogP contribution in [-0.2, 0) is 4.74 Å². The first-order valence-electron chi connectivity index (χ1n) is 14.7. The van der Waals surface area contributed by atoms with Crippen molar-refractivity contribution in [3.8, 4) is 34.8 Å².